The Hall–Kier alpha value is -1.53. The van der Waals surface area contributed by atoms with E-state index >= 15 is 0 Å². The molecule has 2 rings (SSSR count). The third kappa shape index (κ3) is 6.98. The SMILES string of the molecule is CC(C)(C)C(C)(C)S.CCCC(C)N1C(=O)CN(C(=O)CCl)c2cc(C(C)=O)ccc21. The topological polar surface area (TPSA) is 57.7 Å². The van der Waals surface area contributed by atoms with E-state index in [1.807, 2.05) is 6.92 Å². The zero-order chi connectivity index (χ0) is 24.1. The van der Waals surface area contributed by atoms with Crippen LogP contribution in [0.3, 0.4) is 0 Å². The maximum absolute atomic E-state index is 12.5. The van der Waals surface area contributed by atoms with E-state index in [9.17, 15) is 14.4 Å². The van der Waals surface area contributed by atoms with Gasteiger partial charge in [-0.1, -0.05) is 48.0 Å². The molecule has 1 atom stereocenters. The Balaban J connectivity index is 0.000000512. The van der Waals surface area contributed by atoms with Gasteiger partial charge in [-0.2, -0.15) is 12.6 Å². The maximum Gasteiger partial charge on any atom is 0.247 e. The molecule has 31 heavy (non-hydrogen) atoms. The molecular weight excluding hydrogens is 432 g/mol. The molecule has 2 amide bonds. The number of rotatable bonds is 5. The lowest BCUT2D eigenvalue weighted by Gasteiger charge is -2.39. The number of carbonyl (C=O) groups is 3. The van der Waals surface area contributed by atoms with Crippen molar-refractivity contribution in [2.45, 2.75) is 79.0 Å². The predicted molar refractivity (Wildman–Crippen MR) is 134 cm³/mol. The number of hydrogen-bond acceptors (Lipinski definition) is 4. The summed E-state index contributed by atoms with van der Waals surface area (Å²) in [4.78, 5) is 39.4. The number of fused-ring (bicyclic) bond motifs is 1. The van der Waals surface area contributed by atoms with Crippen molar-refractivity contribution in [1.82, 2.24) is 0 Å². The molecule has 0 aliphatic carbocycles. The molecule has 1 unspecified atom stereocenters. The minimum absolute atomic E-state index is 0.0303. The number of halogens is 1. The van der Waals surface area contributed by atoms with Crippen LogP contribution >= 0.6 is 24.2 Å². The third-order valence-electron chi connectivity index (χ3n) is 5.89. The first-order valence-corrected chi connectivity index (χ1v) is 11.7. The normalized spacial score (nSPS) is 15.1. The number of ketones is 1. The van der Waals surface area contributed by atoms with Crippen LogP contribution in [0.1, 0.15) is 78.6 Å². The average Bonchev–Trinajstić information content (AvgIpc) is 2.65. The van der Waals surface area contributed by atoms with Crippen LogP contribution in [0.25, 0.3) is 0 Å². The lowest BCUT2D eigenvalue weighted by molar-refractivity contribution is -0.122. The highest BCUT2D eigenvalue weighted by Crippen LogP contribution is 2.37. The summed E-state index contributed by atoms with van der Waals surface area (Å²) in [5.74, 6) is -0.768. The largest absolute Gasteiger partial charge is 0.306 e. The quantitative estimate of drug-likeness (QED) is 0.340. The van der Waals surface area contributed by atoms with Crippen molar-refractivity contribution in [1.29, 1.82) is 0 Å². The zero-order valence-corrected chi connectivity index (χ0v) is 21.7. The summed E-state index contributed by atoms with van der Waals surface area (Å²) >= 11 is 10.1. The van der Waals surface area contributed by atoms with Crippen LogP contribution in [0, 0.1) is 5.41 Å². The number of alkyl halides is 1. The van der Waals surface area contributed by atoms with Gasteiger partial charge in [0.25, 0.3) is 0 Å². The van der Waals surface area contributed by atoms with Gasteiger partial charge in [0, 0.05) is 16.4 Å². The molecule has 0 N–H and O–H groups in total. The van der Waals surface area contributed by atoms with Crippen LogP contribution < -0.4 is 9.80 Å². The minimum atomic E-state index is -0.343. The summed E-state index contributed by atoms with van der Waals surface area (Å²) in [6, 6.07) is 5.13. The fraction of sp³-hybridized carbons (Fsp3) is 0.625. The third-order valence-corrected chi connectivity index (χ3v) is 6.79. The zero-order valence-electron chi connectivity index (χ0n) is 20.1. The Labute approximate surface area is 197 Å². The Morgan fingerprint density at radius 1 is 1.16 bits per heavy atom. The molecule has 1 aliphatic heterocycles. The van der Waals surface area contributed by atoms with E-state index in [1.165, 1.54) is 11.8 Å². The molecule has 0 spiro atoms. The van der Waals surface area contributed by atoms with Crippen molar-refractivity contribution in [2.24, 2.45) is 5.41 Å². The second-order valence-corrected chi connectivity index (χ2v) is 11.0. The molecule has 5 nitrogen and oxygen atoms in total. The Bertz CT molecular complexity index is 800. The van der Waals surface area contributed by atoms with E-state index in [0.717, 1.165) is 12.8 Å². The first-order valence-electron chi connectivity index (χ1n) is 10.7. The van der Waals surface area contributed by atoms with Crippen LogP contribution in [0.2, 0.25) is 0 Å². The van der Waals surface area contributed by atoms with Crippen LogP contribution in [0.4, 0.5) is 11.4 Å². The van der Waals surface area contributed by atoms with Gasteiger partial charge in [-0.15, -0.1) is 11.6 Å². The van der Waals surface area contributed by atoms with Crippen molar-refractivity contribution in [3.8, 4) is 0 Å². The van der Waals surface area contributed by atoms with Gasteiger partial charge in [-0.25, -0.2) is 0 Å². The van der Waals surface area contributed by atoms with E-state index in [-0.39, 0.29) is 40.8 Å². The standard InChI is InChI=1S/C17H21ClN2O3.C7H16S/c1-4-5-11(2)20-14-7-6-13(12(3)21)8-15(14)19(10-17(20)23)16(22)9-18;1-6(2,3)7(4,5)8/h6-8,11H,4-5,9-10H2,1-3H3;8H,1-5H3. The van der Waals surface area contributed by atoms with E-state index < -0.39 is 0 Å². The van der Waals surface area contributed by atoms with Crippen molar-refractivity contribution in [3.05, 3.63) is 23.8 Å². The number of nitrogens with zero attached hydrogens (tertiary/aromatic N) is 2. The molecule has 1 aliphatic rings. The van der Waals surface area contributed by atoms with E-state index in [1.54, 1.807) is 23.1 Å². The predicted octanol–water partition coefficient (Wildman–Crippen LogP) is 5.74. The maximum atomic E-state index is 12.5. The number of thiol groups is 1. The van der Waals surface area contributed by atoms with Crippen molar-refractivity contribution >= 4 is 53.2 Å². The first-order chi connectivity index (χ1) is 14.2. The minimum Gasteiger partial charge on any atom is -0.306 e. The van der Waals surface area contributed by atoms with E-state index in [0.29, 0.717) is 22.4 Å². The number of hydrogen-bond donors (Lipinski definition) is 1. The average molecular weight is 469 g/mol. The van der Waals surface area contributed by atoms with Crippen LogP contribution in [0.15, 0.2) is 18.2 Å². The molecule has 174 valence electrons. The molecule has 0 fully saturated rings. The fourth-order valence-corrected chi connectivity index (χ4v) is 3.06. The van der Waals surface area contributed by atoms with Crippen molar-refractivity contribution in [3.63, 3.8) is 0 Å². The monoisotopic (exact) mass is 468 g/mol. The Morgan fingerprint density at radius 3 is 2.13 bits per heavy atom. The molecule has 0 aromatic heterocycles. The van der Waals surface area contributed by atoms with Gasteiger partial charge in [0.05, 0.1) is 11.4 Å². The summed E-state index contributed by atoms with van der Waals surface area (Å²) in [7, 11) is 0. The Kier molecular flexibility index (Phi) is 9.64. The fourth-order valence-electron chi connectivity index (χ4n) is 2.92. The highest BCUT2D eigenvalue weighted by Gasteiger charge is 2.34. The number of carbonyl (C=O) groups excluding carboxylic acids is 3. The second kappa shape index (κ2) is 10.9. The summed E-state index contributed by atoms with van der Waals surface area (Å²) in [6.07, 6.45) is 1.82. The molecule has 1 aromatic carbocycles. The summed E-state index contributed by atoms with van der Waals surface area (Å²) < 4.78 is 0.132. The molecule has 0 saturated carbocycles. The van der Waals surface area contributed by atoms with Crippen molar-refractivity contribution < 1.29 is 14.4 Å². The lowest BCUT2D eigenvalue weighted by Crippen LogP contribution is -2.51. The lowest BCUT2D eigenvalue weighted by atomic mass is 9.83. The van der Waals surface area contributed by atoms with E-state index in [4.69, 9.17) is 11.6 Å². The van der Waals surface area contributed by atoms with Gasteiger partial charge in [0.15, 0.2) is 5.78 Å². The number of benzene rings is 1. The molecular formula is C24H37ClN2O3S. The van der Waals surface area contributed by atoms with Crippen LogP contribution in [0.5, 0.6) is 0 Å². The number of anilines is 2. The molecule has 0 radical (unpaired) electrons. The molecule has 1 aromatic rings. The molecule has 1 heterocycles. The van der Waals surface area contributed by atoms with Crippen molar-refractivity contribution in [2.75, 3.05) is 22.2 Å². The number of amides is 2. The summed E-state index contributed by atoms with van der Waals surface area (Å²) in [6.45, 7) is 16.3. The van der Waals surface area contributed by atoms with Gasteiger partial charge < -0.3 is 4.90 Å². The number of Topliss-reactive ketones (excluding diaryl/α,β-unsaturated/α-hetero) is 1. The van der Waals surface area contributed by atoms with Gasteiger partial charge in [0.1, 0.15) is 12.4 Å². The highest BCUT2D eigenvalue weighted by atomic mass is 35.5. The summed E-state index contributed by atoms with van der Waals surface area (Å²) in [5, 5.41) is 0. The van der Waals surface area contributed by atoms with Gasteiger partial charge >= 0.3 is 0 Å². The Morgan fingerprint density at radius 2 is 1.71 bits per heavy atom. The molecule has 0 bridgehead atoms. The van der Waals surface area contributed by atoms with Crippen LogP contribution in [-0.4, -0.2) is 40.8 Å². The molecule has 0 saturated heterocycles. The van der Waals surface area contributed by atoms with Gasteiger partial charge in [0.2, 0.25) is 11.8 Å². The smallest absolute Gasteiger partial charge is 0.247 e. The first kappa shape index (κ1) is 27.5. The second-order valence-electron chi connectivity index (χ2n) is 9.58. The van der Waals surface area contributed by atoms with Gasteiger partial charge in [-0.05, 0) is 43.9 Å². The molecule has 7 heteroatoms. The van der Waals surface area contributed by atoms with Gasteiger partial charge in [-0.3, -0.25) is 19.3 Å². The highest BCUT2D eigenvalue weighted by molar-refractivity contribution is 7.81. The van der Waals surface area contributed by atoms with Crippen LogP contribution in [-0.2, 0) is 9.59 Å². The van der Waals surface area contributed by atoms with E-state index in [2.05, 4.69) is 54.2 Å². The summed E-state index contributed by atoms with van der Waals surface area (Å²) in [5.41, 5.74) is 2.04.